The molecule has 0 aliphatic carbocycles. The third kappa shape index (κ3) is 6.97. The van der Waals surface area contributed by atoms with Gasteiger partial charge in [0.25, 0.3) is 5.91 Å². The molecule has 0 bridgehead atoms. The van der Waals surface area contributed by atoms with Crippen molar-refractivity contribution in [3.8, 4) is 5.75 Å². The van der Waals surface area contributed by atoms with Crippen LogP contribution >= 0.6 is 34.8 Å². The quantitative estimate of drug-likeness (QED) is 0.306. The van der Waals surface area contributed by atoms with E-state index >= 15 is 0 Å². The zero-order valence-corrected chi connectivity index (χ0v) is 26.1. The molecule has 0 saturated carbocycles. The lowest BCUT2D eigenvalue weighted by Gasteiger charge is -2.33. The van der Waals surface area contributed by atoms with Crippen LogP contribution in [0.3, 0.4) is 0 Å². The highest BCUT2D eigenvalue weighted by Crippen LogP contribution is 2.40. The van der Waals surface area contributed by atoms with Crippen molar-refractivity contribution in [2.75, 3.05) is 57.1 Å². The summed E-state index contributed by atoms with van der Waals surface area (Å²) in [7, 11) is 3.63. The average Bonchev–Trinajstić information content (AvgIpc) is 3.15. The number of piperazine rings is 1. The Morgan fingerprint density at radius 3 is 2.40 bits per heavy atom. The van der Waals surface area contributed by atoms with E-state index in [-0.39, 0.29) is 17.7 Å². The summed E-state index contributed by atoms with van der Waals surface area (Å²) in [5, 5.41) is 5.10. The van der Waals surface area contributed by atoms with E-state index in [2.05, 4.69) is 17.3 Å². The zero-order chi connectivity index (χ0) is 29.8. The summed E-state index contributed by atoms with van der Waals surface area (Å²) in [6, 6.07) is 16.4. The Hall–Kier alpha value is -2.97. The molecule has 2 heterocycles. The Labute approximate surface area is 262 Å². The number of carbonyl (C=O) groups excluding carboxylic acids is 2. The van der Waals surface area contributed by atoms with Gasteiger partial charge in [0.1, 0.15) is 5.75 Å². The maximum atomic E-state index is 14.0. The van der Waals surface area contributed by atoms with E-state index < -0.39 is 0 Å². The standard InChI is InChI=1S/C32H35Cl3N4O3/c1-37-12-14-38(15-13-37)31(40)16-21-4-3-11-39(29-10-7-23(33)17-27(21)29)32(41)26-9-8-25(19-30(26)42-2)36-20-22-5-6-24(34)18-28(22)35/h5-10,17-19,21,36H,3-4,11-16,20H2,1-2H3. The van der Waals surface area contributed by atoms with Crippen LogP contribution in [0.25, 0.3) is 0 Å². The number of hydrogen-bond donors (Lipinski definition) is 1. The highest BCUT2D eigenvalue weighted by Gasteiger charge is 2.31. The van der Waals surface area contributed by atoms with Crippen LogP contribution in [0, 0.1) is 0 Å². The van der Waals surface area contributed by atoms with Crippen molar-refractivity contribution in [1.82, 2.24) is 9.80 Å². The molecule has 2 aliphatic heterocycles. The van der Waals surface area contributed by atoms with Crippen molar-refractivity contribution in [1.29, 1.82) is 0 Å². The third-order valence-corrected chi connectivity index (χ3v) is 8.93. The Balaban J connectivity index is 1.35. The molecule has 1 unspecified atom stereocenters. The van der Waals surface area contributed by atoms with Gasteiger partial charge in [0.15, 0.2) is 0 Å². The van der Waals surface area contributed by atoms with Gasteiger partial charge in [-0.05, 0) is 79.4 Å². The molecule has 3 aromatic rings. The van der Waals surface area contributed by atoms with Gasteiger partial charge in [-0.25, -0.2) is 0 Å². The van der Waals surface area contributed by atoms with Gasteiger partial charge in [-0.1, -0.05) is 40.9 Å². The molecule has 7 nitrogen and oxygen atoms in total. The molecule has 0 radical (unpaired) electrons. The van der Waals surface area contributed by atoms with Crippen LogP contribution in [-0.2, 0) is 11.3 Å². The van der Waals surface area contributed by atoms with E-state index in [0.717, 1.165) is 61.5 Å². The molecule has 1 N–H and O–H groups in total. The molecule has 222 valence electrons. The first-order valence-electron chi connectivity index (χ1n) is 14.2. The lowest BCUT2D eigenvalue weighted by atomic mass is 9.90. The molecule has 1 atom stereocenters. The largest absolute Gasteiger partial charge is 0.496 e. The molecule has 5 rings (SSSR count). The number of benzene rings is 3. The highest BCUT2D eigenvalue weighted by molar-refractivity contribution is 6.35. The molecule has 0 aromatic heterocycles. The summed E-state index contributed by atoms with van der Waals surface area (Å²) >= 11 is 18.8. The van der Waals surface area contributed by atoms with Gasteiger partial charge in [-0.15, -0.1) is 0 Å². The van der Waals surface area contributed by atoms with Crippen LogP contribution in [0.1, 0.15) is 46.7 Å². The number of rotatable bonds is 7. The first kappa shape index (κ1) is 30.5. The highest BCUT2D eigenvalue weighted by atomic mass is 35.5. The Kier molecular flexibility index (Phi) is 9.84. The van der Waals surface area contributed by atoms with E-state index in [4.69, 9.17) is 39.5 Å². The predicted molar refractivity (Wildman–Crippen MR) is 171 cm³/mol. The maximum Gasteiger partial charge on any atom is 0.262 e. The summed E-state index contributed by atoms with van der Waals surface area (Å²) in [6.07, 6.45) is 1.97. The molecule has 1 fully saturated rings. The number of halogens is 3. The van der Waals surface area contributed by atoms with E-state index in [9.17, 15) is 9.59 Å². The number of carbonyl (C=O) groups is 2. The van der Waals surface area contributed by atoms with Crippen molar-refractivity contribution in [3.05, 3.63) is 86.4 Å². The number of amides is 2. The minimum absolute atomic E-state index is 0.0168. The number of likely N-dealkylation sites (N-methyl/N-ethyl adjacent to an activating group) is 1. The lowest BCUT2D eigenvalue weighted by molar-refractivity contribution is -0.133. The number of fused-ring (bicyclic) bond motifs is 1. The second-order valence-electron chi connectivity index (χ2n) is 10.9. The number of hydrogen-bond acceptors (Lipinski definition) is 5. The van der Waals surface area contributed by atoms with E-state index in [1.807, 2.05) is 35.2 Å². The fourth-order valence-corrected chi connectivity index (χ4v) is 6.33. The second kappa shape index (κ2) is 13.6. The van der Waals surface area contributed by atoms with Gasteiger partial charge < -0.3 is 24.8 Å². The van der Waals surface area contributed by atoms with Crippen molar-refractivity contribution >= 4 is 58.0 Å². The first-order valence-corrected chi connectivity index (χ1v) is 15.3. The average molecular weight is 630 g/mol. The summed E-state index contributed by atoms with van der Waals surface area (Å²) in [5.74, 6) is 0.447. The topological polar surface area (TPSA) is 65.1 Å². The van der Waals surface area contributed by atoms with E-state index in [1.165, 1.54) is 0 Å². The van der Waals surface area contributed by atoms with Crippen molar-refractivity contribution in [2.24, 2.45) is 0 Å². The van der Waals surface area contributed by atoms with Crippen molar-refractivity contribution in [2.45, 2.75) is 31.7 Å². The molecule has 2 aliphatic rings. The molecule has 10 heteroatoms. The zero-order valence-electron chi connectivity index (χ0n) is 23.8. The third-order valence-electron chi connectivity index (χ3n) is 8.11. The maximum absolute atomic E-state index is 14.0. The van der Waals surface area contributed by atoms with Crippen LogP contribution in [0.15, 0.2) is 54.6 Å². The van der Waals surface area contributed by atoms with Crippen molar-refractivity contribution in [3.63, 3.8) is 0 Å². The van der Waals surface area contributed by atoms with Crippen LogP contribution in [-0.4, -0.2) is 68.5 Å². The number of nitrogens with one attached hydrogen (secondary N) is 1. The van der Waals surface area contributed by atoms with Crippen LogP contribution in [0.4, 0.5) is 11.4 Å². The monoisotopic (exact) mass is 628 g/mol. The molecule has 3 aromatic carbocycles. The molecule has 2 amide bonds. The SMILES string of the molecule is COc1cc(NCc2ccc(Cl)cc2Cl)ccc1C(=O)N1CCCC(CC(=O)N2CCN(C)CC2)c2cc(Cl)ccc21. The Bertz CT molecular complexity index is 1460. The van der Waals surface area contributed by atoms with Gasteiger partial charge in [0.05, 0.1) is 12.7 Å². The first-order chi connectivity index (χ1) is 20.2. The van der Waals surface area contributed by atoms with E-state index in [0.29, 0.717) is 45.9 Å². The van der Waals surface area contributed by atoms with Crippen LogP contribution in [0.2, 0.25) is 15.1 Å². The normalized spacial score (nSPS) is 17.4. The summed E-state index contributed by atoms with van der Waals surface area (Å²) in [4.78, 5) is 33.3. The molecular weight excluding hydrogens is 595 g/mol. The molecule has 1 saturated heterocycles. The molecular formula is C32H35Cl3N4O3. The number of nitrogens with zero attached hydrogens (tertiary/aromatic N) is 3. The van der Waals surface area contributed by atoms with Crippen molar-refractivity contribution < 1.29 is 14.3 Å². The van der Waals surface area contributed by atoms with Gasteiger partial charge in [-0.2, -0.15) is 0 Å². The summed E-state index contributed by atoms with van der Waals surface area (Å²) < 4.78 is 5.67. The number of methoxy groups -OCH3 is 1. The second-order valence-corrected chi connectivity index (χ2v) is 12.2. The number of anilines is 2. The molecule has 0 spiro atoms. The summed E-state index contributed by atoms with van der Waals surface area (Å²) in [6.45, 7) is 4.27. The smallest absolute Gasteiger partial charge is 0.262 e. The van der Waals surface area contributed by atoms with Gasteiger partial charge in [0, 0.05) is 78.2 Å². The summed E-state index contributed by atoms with van der Waals surface area (Å²) in [5.41, 5.74) is 3.88. The van der Waals surface area contributed by atoms with Crippen LogP contribution < -0.4 is 15.0 Å². The Morgan fingerprint density at radius 2 is 1.67 bits per heavy atom. The van der Waals surface area contributed by atoms with E-state index in [1.54, 1.807) is 36.3 Å². The van der Waals surface area contributed by atoms with Gasteiger partial charge in [0.2, 0.25) is 5.91 Å². The Morgan fingerprint density at radius 1 is 0.929 bits per heavy atom. The predicted octanol–water partition coefficient (Wildman–Crippen LogP) is 6.96. The van der Waals surface area contributed by atoms with Crippen LogP contribution in [0.5, 0.6) is 5.75 Å². The van der Waals surface area contributed by atoms with Gasteiger partial charge in [-0.3, -0.25) is 9.59 Å². The minimum atomic E-state index is -0.159. The van der Waals surface area contributed by atoms with Gasteiger partial charge >= 0.3 is 0 Å². The lowest BCUT2D eigenvalue weighted by Crippen LogP contribution is -2.47. The number of ether oxygens (including phenoxy) is 1. The minimum Gasteiger partial charge on any atom is -0.496 e. The fourth-order valence-electron chi connectivity index (χ4n) is 5.67. The molecule has 42 heavy (non-hydrogen) atoms. The fraction of sp³-hybridized carbons (Fsp3) is 0.375.